The van der Waals surface area contributed by atoms with Gasteiger partial charge in [-0.15, -0.1) is 12.4 Å². The first-order chi connectivity index (χ1) is 8.34. The number of sulfonamides is 1. The van der Waals surface area contributed by atoms with Crippen molar-refractivity contribution < 1.29 is 13.2 Å². The summed E-state index contributed by atoms with van der Waals surface area (Å²) >= 11 is 0. The van der Waals surface area contributed by atoms with E-state index in [9.17, 15) is 8.42 Å². The Morgan fingerprint density at radius 2 is 2.11 bits per heavy atom. The lowest BCUT2D eigenvalue weighted by Crippen LogP contribution is -2.48. The second-order valence-corrected chi connectivity index (χ2v) is 6.74. The van der Waals surface area contributed by atoms with Crippen LogP contribution in [0.2, 0.25) is 0 Å². The third-order valence-electron chi connectivity index (χ3n) is 2.89. The molecule has 0 amide bonds. The monoisotopic (exact) mass is 306 g/mol. The molecular formula is C12H19ClN2O3S. The Bertz CT molecular complexity index is 558. The van der Waals surface area contributed by atoms with Crippen molar-refractivity contribution in [3.63, 3.8) is 0 Å². The average molecular weight is 307 g/mol. The maximum absolute atomic E-state index is 12.2. The minimum absolute atomic E-state index is 0. The van der Waals surface area contributed by atoms with Crippen LogP contribution in [0, 0.1) is 0 Å². The Balaban J connectivity index is 0.00000180. The van der Waals surface area contributed by atoms with E-state index in [0.717, 1.165) is 17.7 Å². The molecule has 1 aromatic rings. The van der Waals surface area contributed by atoms with Crippen LogP contribution < -0.4 is 15.2 Å². The molecule has 0 saturated carbocycles. The summed E-state index contributed by atoms with van der Waals surface area (Å²) in [7, 11) is -3.54. The first-order valence-electron chi connectivity index (χ1n) is 5.84. The fourth-order valence-electron chi connectivity index (χ4n) is 1.79. The highest BCUT2D eigenvalue weighted by atomic mass is 35.5. The Labute approximate surface area is 120 Å². The third kappa shape index (κ3) is 3.60. The van der Waals surface area contributed by atoms with Crippen molar-refractivity contribution in [1.82, 2.24) is 4.72 Å². The minimum Gasteiger partial charge on any atom is -0.493 e. The molecule has 1 heterocycles. The van der Waals surface area contributed by atoms with Gasteiger partial charge in [0, 0.05) is 18.5 Å². The maximum atomic E-state index is 12.2. The summed E-state index contributed by atoms with van der Waals surface area (Å²) in [5.74, 6) is 0.770. The number of hydrogen-bond donors (Lipinski definition) is 2. The molecule has 0 fully saturated rings. The van der Waals surface area contributed by atoms with Crippen molar-refractivity contribution in [3.05, 3.63) is 23.8 Å². The fourth-order valence-corrected chi connectivity index (χ4v) is 3.27. The van der Waals surface area contributed by atoms with Crippen molar-refractivity contribution >= 4 is 22.4 Å². The topological polar surface area (TPSA) is 81.4 Å². The highest BCUT2D eigenvalue weighted by Gasteiger charge is 2.26. The van der Waals surface area contributed by atoms with Gasteiger partial charge in [-0.1, -0.05) is 0 Å². The van der Waals surface area contributed by atoms with Crippen LogP contribution >= 0.6 is 12.4 Å². The molecule has 0 saturated heterocycles. The quantitative estimate of drug-likeness (QED) is 0.871. The Morgan fingerprint density at radius 1 is 1.42 bits per heavy atom. The van der Waals surface area contributed by atoms with E-state index in [0.29, 0.717) is 6.61 Å². The van der Waals surface area contributed by atoms with E-state index < -0.39 is 15.6 Å². The molecule has 1 aliphatic heterocycles. The number of nitrogens with one attached hydrogen (secondary N) is 1. The highest BCUT2D eigenvalue weighted by Crippen LogP contribution is 2.27. The molecule has 108 valence electrons. The number of fused-ring (bicyclic) bond motifs is 1. The first-order valence-corrected chi connectivity index (χ1v) is 7.32. The molecule has 0 aromatic heterocycles. The lowest BCUT2D eigenvalue weighted by molar-refractivity contribution is 0.356. The van der Waals surface area contributed by atoms with Crippen molar-refractivity contribution in [2.75, 3.05) is 13.2 Å². The second-order valence-electron chi connectivity index (χ2n) is 5.06. The summed E-state index contributed by atoms with van der Waals surface area (Å²) in [4.78, 5) is 0.258. The van der Waals surface area contributed by atoms with Crippen LogP contribution in [-0.4, -0.2) is 27.1 Å². The molecule has 3 N–H and O–H groups in total. The Hall–Kier alpha value is -0.820. The zero-order valence-corrected chi connectivity index (χ0v) is 12.6. The van der Waals surface area contributed by atoms with E-state index in [1.807, 2.05) is 0 Å². The number of ether oxygens (including phenoxy) is 1. The molecule has 0 unspecified atom stereocenters. The molecule has 1 aromatic carbocycles. The standard InChI is InChI=1S/C12H18N2O3S.ClH/c1-12(2,8-13)14-18(15,16)10-3-4-11-9(7-10)5-6-17-11;/h3-4,7,14H,5-6,8,13H2,1-2H3;1H. The summed E-state index contributed by atoms with van der Waals surface area (Å²) in [6.45, 7) is 4.35. The van der Waals surface area contributed by atoms with Gasteiger partial charge in [-0.25, -0.2) is 13.1 Å². The molecule has 0 bridgehead atoms. The van der Waals surface area contributed by atoms with Gasteiger partial charge in [0.1, 0.15) is 5.75 Å². The number of rotatable bonds is 4. The molecule has 0 spiro atoms. The van der Waals surface area contributed by atoms with E-state index >= 15 is 0 Å². The minimum atomic E-state index is -3.54. The van der Waals surface area contributed by atoms with Gasteiger partial charge in [0.15, 0.2) is 0 Å². The van der Waals surface area contributed by atoms with Crippen LogP contribution in [0.5, 0.6) is 5.75 Å². The molecule has 2 rings (SSSR count). The van der Waals surface area contributed by atoms with E-state index in [1.165, 1.54) is 0 Å². The predicted octanol–water partition coefficient (Wildman–Crippen LogP) is 1.06. The summed E-state index contributed by atoms with van der Waals surface area (Å²) in [5, 5.41) is 0. The van der Waals surface area contributed by atoms with Crippen molar-refractivity contribution in [1.29, 1.82) is 0 Å². The van der Waals surface area contributed by atoms with Gasteiger partial charge in [0.2, 0.25) is 10.0 Å². The van der Waals surface area contributed by atoms with Gasteiger partial charge < -0.3 is 10.5 Å². The zero-order chi connectivity index (χ0) is 13.4. The summed E-state index contributed by atoms with van der Waals surface area (Å²) in [5.41, 5.74) is 5.81. The molecule has 7 heteroatoms. The van der Waals surface area contributed by atoms with Crippen molar-refractivity contribution in [2.45, 2.75) is 30.7 Å². The molecule has 19 heavy (non-hydrogen) atoms. The second kappa shape index (κ2) is 5.66. The van der Waals surface area contributed by atoms with Crippen LogP contribution in [0.15, 0.2) is 23.1 Å². The van der Waals surface area contributed by atoms with Crippen LogP contribution in [0.3, 0.4) is 0 Å². The Kier molecular flexibility index (Phi) is 4.84. The van der Waals surface area contributed by atoms with Crippen LogP contribution in [0.1, 0.15) is 19.4 Å². The van der Waals surface area contributed by atoms with Crippen LogP contribution in [0.25, 0.3) is 0 Å². The molecule has 5 nitrogen and oxygen atoms in total. The van der Waals surface area contributed by atoms with E-state index in [1.54, 1.807) is 32.0 Å². The third-order valence-corrected chi connectivity index (χ3v) is 4.59. The molecule has 0 aliphatic carbocycles. The molecule has 1 aliphatic rings. The van der Waals surface area contributed by atoms with Crippen LogP contribution in [-0.2, 0) is 16.4 Å². The van der Waals surface area contributed by atoms with Gasteiger partial charge in [-0.3, -0.25) is 0 Å². The highest BCUT2D eigenvalue weighted by molar-refractivity contribution is 7.89. The van der Waals surface area contributed by atoms with Crippen LogP contribution in [0.4, 0.5) is 0 Å². The summed E-state index contributed by atoms with van der Waals surface area (Å²) in [6, 6.07) is 4.92. The molecular weight excluding hydrogens is 288 g/mol. The Morgan fingerprint density at radius 3 is 2.74 bits per heavy atom. The molecule has 0 radical (unpaired) electrons. The summed E-state index contributed by atoms with van der Waals surface area (Å²) < 4.78 is 32.3. The van der Waals surface area contributed by atoms with Gasteiger partial charge in [-0.05, 0) is 37.6 Å². The normalized spacial score (nSPS) is 14.5. The number of hydrogen-bond acceptors (Lipinski definition) is 4. The zero-order valence-electron chi connectivity index (χ0n) is 11.0. The number of halogens is 1. The number of nitrogens with two attached hydrogens (primary N) is 1. The predicted molar refractivity (Wildman–Crippen MR) is 76.3 cm³/mol. The largest absolute Gasteiger partial charge is 0.493 e. The smallest absolute Gasteiger partial charge is 0.241 e. The van der Waals surface area contributed by atoms with Gasteiger partial charge in [-0.2, -0.15) is 0 Å². The SMILES string of the molecule is CC(C)(CN)NS(=O)(=O)c1ccc2c(c1)CCO2.Cl. The molecule has 0 atom stereocenters. The lowest BCUT2D eigenvalue weighted by atomic mass is 10.1. The average Bonchev–Trinajstić information content (AvgIpc) is 2.74. The van der Waals surface area contributed by atoms with Gasteiger partial charge >= 0.3 is 0 Å². The van der Waals surface area contributed by atoms with Crippen molar-refractivity contribution in [3.8, 4) is 5.75 Å². The van der Waals surface area contributed by atoms with E-state index in [-0.39, 0.29) is 23.8 Å². The number of benzene rings is 1. The van der Waals surface area contributed by atoms with Crippen molar-refractivity contribution in [2.24, 2.45) is 5.73 Å². The fraction of sp³-hybridized carbons (Fsp3) is 0.500. The van der Waals surface area contributed by atoms with Gasteiger partial charge in [0.05, 0.1) is 11.5 Å². The first kappa shape index (κ1) is 16.2. The van der Waals surface area contributed by atoms with E-state index in [4.69, 9.17) is 10.5 Å². The summed E-state index contributed by atoms with van der Waals surface area (Å²) in [6.07, 6.45) is 0.749. The maximum Gasteiger partial charge on any atom is 0.241 e. The lowest BCUT2D eigenvalue weighted by Gasteiger charge is -2.23. The van der Waals surface area contributed by atoms with E-state index in [2.05, 4.69) is 4.72 Å². The van der Waals surface area contributed by atoms with Gasteiger partial charge in [0.25, 0.3) is 0 Å².